The van der Waals surface area contributed by atoms with Crippen LogP contribution in [-0.4, -0.2) is 0 Å². The Labute approximate surface area is 112 Å². The fourth-order valence-corrected chi connectivity index (χ4v) is 3.81. The van der Waals surface area contributed by atoms with Gasteiger partial charge in [0.05, 0.1) is 0 Å². The van der Waals surface area contributed by atoms with Crippen LogP contribution in [0.5, 0.6) is 0 Å². The molecule has 1 aromatic rings. The molecule has 0 atom stereocenters. The van der Waals surface area contributed by atoms with Gasteiger partial charge in [-0.15, -0.1) is 0 Å². The van der Waals surface area contributed by atoms with Gasteiger partial charge in [-0.25, -0.2) is 0 Å². The normalized spacial score (nSPS) is 23.1. The lowest BCUT2D eigenvalue weighted by molar-refractivity contribution is 0.435. The summed E-state index contributed by atoms with van der Waals surface area (Å²) in [5, 5.41) is 0. The summed E-state index contributed by atoms with van der Waals surface area (Å²) in [7, 11) is 0. The topological polar surface area (TPSA) is 0 Å². The van der Waals surface area contributed by atoms with E-state index >= 15 is 0 Å². The van der Waals surface area contributed by atoms with Crippen LogP contribution in [0.15, 0.2) is 18.2 Å². The van der Waals surface area contributed by atoms with E-state index in [2.05, 4.69) is 24.3 Å². The molecular formula is C18H25. The maximum atomic E-state index is 3.78. The number of hydrogen-bond donors (Lipinski definition) is 0. The van der Waals surface area contributed by atoms with Gasteiger partial charge < -0.3 is 0 Å². The molecular weight excluding hydrogens is 216 g/mol. The quantitative estimate of drug-likeness (QED) is 0.634. The van der Waals surface area contributed by atoms with Gasteiger partial charge in [-0.3, -0.25) is 0 Å². The van der Waals surface area contributed by atoms with E-state index in [-0.39, 0.29) is 0 Å². The van der Waals surface area contributed by atoms with Crippen molar-refractivity contribution in [3.8, 4) is 0 Å². The summed E-state index contributed by atoms with van der Waals surface area (Å²) in [6, 6.07) is 10.7. The molecule has 0 saturated heterocycles. The highest BCUT2D eigenvalue weighted by molar-refractivity contribution is 5.28. The van der Waals surface area contributed by atoms with Crippen molar-refractivity contribution < 1.29 is 0 Å². The molecule has 3 rings (SSSR count). The monoisotopic (exact) mass is 241 g/mol. The number of benzene rings is 1. The zero-order chi connectivity index (χ0) is 12.2. The molecule has 0 amide bonds. The third-order valence-electron chi connectivity index (χ3n) is 4.93. The third-order valence-corrected chi connectivity index (χ3v) is 4.93. The largest absolute Gasteiger partial charge is 0.0617 e. The highest BCUT2D eigenvalue weighted by atomic mass is 14.2. The average molecular weight is 241 g/mol. The van der Waals surface area contributed by atoms with Gasteiger partial charge in [0, 0.05) is 0 Å². The summed E-state index contributed by atoms with van der Waals surface area (Å²) in [6.07, 6.45) is 14.2. The molecule has 0 aromatic heterocycles. The van der Waals surface area contributed by atoms with Crippen LogP contribution < -0.4 is 0 Å². The first-order valence-electron chi connectivity index (χ1n) is 7.95. The lowest BCUT2D eigenvalue weighted by atomic mass is 9.80. The minimum atomic E-state index is 0.808. The van der Waals surface area contributed by atoms with E-state index in [1.54, 1.807) is 0 Å². The molecule has 1 radical (unpaired) electrons. The van der Waals surface area contributed by atoms with E-state index in [1.165, 1.54) is 75.3 Å². The van der Waals surface area contributed by atoms with Gasteiger partial charge in [-0.2, -0.15) is 0 Å². The fraction of sp³-hybridized carbons (Fsp3) is 0.667. The van der Waals surface area contributed by atoms with Crippen molar-refractivity contribution in [2.45, 2.75) is 76.0 Å². The molecule has 0 heteroatoms. The van der Waals surface area contributed by atoms with Gasteiger partial charge >= 0.3 is 0 Å². The minimum absolute atomic E-state index is 0.808. The summed E-state index contributed by atoms with van der Waals surface area (Å²) in [5.41, 5.74) is 3.02. The molecule has 2 aliphatic rings. The second-order valence-corrected chi connectivity index (χ2v) is 6.23. The van der Waals surface area contributed by atoms with Crippen molar-refractivity contribution in [2.24, 2.45) is 0 Å². The van der Waals surface area contributed by atoms with E-state index in [0.717, 1.165) is 11.8 Å². The Balaban J connectivity index is 1.75. The third kappa shape index (κ3) is 2.79. The fourth-order valence-electron chi connectivity index (χ4n) is 3.81. The summed E-state index contributed by atoms with van der Waals surface area (Å²) in [6.45, 7) is 0. The molecule has 1 aromatic carbocycles. The van der Waals surface area contributed by atoms with Crippen LogP contribution in [0.1, 0.15) is 87.2 Å². The number of hydrogen-bond acceptors (Lipinski definition) is 0. The van der Waals surface area contributed by atoms with Crippen molar-refractivity contribution in [1.29, 1.82) is 0 Å². The average Bonchev–Trinajstić information content (AvgIpc) is 2.49. The molecule has 0 N–H and O–H groups in total. The lowest BCUT2D eigenvalue weighted by Gasteiger charge is -2.25. The van der Waals surface area contributed by atoms with E-state index in [0.29, 0.717) is 0 Å². The van der Waals surface area contributed by atoms with Gasteiger partial charge in [0.15, 0.2) is 0 Å². The van der Waals surface area contributed by atoms with Crippen molar-refractivity contribution in [3.05, 3.63) is 35.4 Å². The van der Waals surface area contributed by atoms with Crippen molar-refractivity contribution in [2.75, 3.05) is 0 Å². The van der Waals surface area contributed by atoms with Crippen LogP contribution in [0, 0.1) is 6.07 Å². The van der Waals surface area contributed by atoms with Crippen LogP contribution in [-0.2, 0) is 0 Å². The second kappa shape index (κ2) is 5.91. The van der Waals surface area contributed by atoms with E-state index < -0.39 is 0 Å². The Morgan fingerprint density at radius 1 is 0.667 bits per heavy atom. The van der Waals surface area contributed by atoms with Gasteiger partial charge in [0.25, 0.3) is 0 Å². The highest BCUT2D eigenvalue weighted by Crippen LogP contribution is 2.36. The van der Waals surface area contributed by atoms with E-state index in [1.807, 2.05) is 0 Å². The first kappa shape index (κ1) is 12.3. The Morgan fingerprint density at radius 3 is 1.56 bits per heavy atom. The maximum absolute atomic E-state index is 3.78. The van der Waals surface area contributed by atoms with Gasteiger partial charge in [0.2, 0.25) is 0 Å². The van der Waals surface area contributed by atoms with Crippen molar-refractivity contribution in [1.82, 2.24) is 0 Å². The summed E-state index contributed by atoms with van der Waals surface area (Å²) in [4.78, 5) is 0. The molecule has 2 saturated carbocycles. The Kier molecular flexibility index (Phi) is 4.02. The standard InChI is InChI=1S/C18H25/c1-3-8-15(9-4-1)17-12-7-13-18(14-17)16-10-5-2-6-11-16/h7,12-13,15-16H,1-6,8-11H2. The van der Waals surface area contributed by atoms with Crippen LogP contribution >= 0.6 is 0 Å². The summed E-state index contributed by atoms with van der Waals surface area (Å²) >= 11 is 0. The lowest BCUT2D eigenvalue weighted by Crippen LogP contribution is -2.08. The van der Waals surface area contributed by atoms with Gasteiger partial charge in [0.1, 0.15) is 0 Å². The van der Waals surface area contributed by atoms with Crippen LogP contribution in [0.4, 0.5) is 0 Å². The molecule has 0 unspecified atom stereocenters. The van der Waals surface area contributed by atoms with Crippen molar-refractivity contribution in [3.63, 3.8) is 0 Å². The zero-order valence-electron chi connectivity index (χ0n) is 11.5. The molecule has 0 heterocycles. The Morgan fingerprint density at radius 2 is 1.11 bits per heavy atom. The molecule has 97 valence electrons. The Hall–Kier alpha value is -0.780. The first-order chi connectivity index (χ1) is 8.93. The van der Waals surface area contributed by atoms with Crippen LogP contribution in [0.25, 0.3) is 0 Å². The Bertz CT molecular complexity index is 334. The summed E-state index contributed by atoms with van der Waals surface area (Å²) in [5.74, 6) is 1.62. The smallest absolute Gasteiger partial charge is 0.0108 e. The SMILES string of the molecule is [c]1c(C2CCCCC2)cccc1C1CCCCC1. The van der Waals surface area contributed by atoms with Crippen LogP contribution in [0.3, 0.4) is 0 Å². The molecule has 0 aliphatic heterocycles. The predicted molar refractivity (Wildman–Crippen MR) is 76.9 cm³/mol. The first-order valence-corrected chi connectivity index (χ1v) is 7.95. The minimum Gasteiger partial charge on any atom is -0.0617 e. The molecule has 2 aliphatic carbocycles. The van der Waals surface area contributed by atoms with Gasteiger partial charge in [-0.05, 0) is 54.7 Å². The maximum Gasteiger partial charge on any atom is -0.0108 e. The molecule has 2 fully saturated rings. The highest BCUT2D eigenvalue weighted by Gasteiger charge is 2.19. The second-order valence-electron chi connectivity index (χ2n) is 6.23. The van der Waals surface area contributed by atoms with Gasteiger partial charge in [-0.1, -0.05) is 56.7 Å². The molecule has 18 heavy (non-hydrogen) atoms. The number of rotatable bonds is 2. The molecule has 0 spiro atoms. The van der Waals surface area contributed by atoms with E-state index in [9.17, 15) is 0 Å². The zero-order valence-corrected chi connectivity index (χ0v) is 11.5. The summed E-state index contributed by atoms with van der Waals surface area (Å²) < 4.78 is 0. The van der Waals surface area contributed by atoms with Crippen LogP contribution in [0.2, 0.25) is 0 Å². The molecule has 0 nitrogen and oxygen atoms in total. The van der Waals surface area contributed by atoms with Crippen molar-refractivity contribution >= 4 is 0 Å². The predicted octanol–water partition coefficient (Wildman–Crippen LogP) is 5.58. The van der Waals surface area contributed by atoms with E-state index in [4.69, 9.17) is 0 Å². The molecule has 0 bridgehead atoms.